The number of hydrogen-bond acceptors (Lipinski definition) is 19. The van der Waals surface area contributed by atoms with Crippen LogP contribution in [0.5, 0.6) is 0 Å². The molecule has 2 amide bonds. The number of aliphatic hydroxyl groups is 3. The first-order valence-electron chi connectivity index (χ1n) is 17.7. The number of carbonyl (C=O) groups excluding carboxylic acids is 3. The molecule has 0 saturated carbocycles. The molecule has 0 radical (unpaired) electrons. The first-order chi connectivity index (χ1) is 27.2. The van der Waals surface area contributed by atoms with E-state index in [2.05, 4.69) is 29.9 Å². The van der Waals surface area contributed by atoms with Crippen molar-refractivity contribution in [3.05, 3.63) is 35.2 Å². The Kier molecular flexibility index (Phi) is 12.1. The van der Waals surface area contributed by atoms with Crippen molar-refractivity contribution >= 4 is 59.3 Å². The normalized spacial score (nSPS) is 25.5. The fourth-order valence-corrected chi connectivity index (χ4v) is 7.19. The second-order valence-electron chi connectivity index (χ2n) is 14.2. The second kappa shape index (κ2) is 16.4. The van der Waals surface area contributed by atoms with Gasteiger partial charge < -0.3 is 71.4 Å². The quantitative estimate of drug-likeness (QED) is 0.0362. The van der Waals surface area contributed by atoms with Crippen molar-refractivity contribution in [1.82, 2.24) is 34.6 Å². The highest BCUT2D eigenvalue weighted by Crippen LogP contribution is 2.41. The number of aromatic nitrogens is 6. The summed E-state index contributed by atoms with van der Waals surface area (Å²) in [5.74, 6) is -2.52. The van der Waals surface area contributed by atoms with Crippen LogP contribution in [-0.2, 0) is 32.9 Å². The Morgan fingerprint density at radius 1 is 0.862 bits per heavy atom. The number of hydroxylamine groups is 1. The highest BCUT2D eigenvalue weighted by Gasteiger charge is 2.49. The number of aryl methyl sites for hydroxylation is 2. The Labute approximate surface area is 327 Å². The third-order valence-electron chi connectivity index (χ3n) is 9.44. The van der Waals surface area contributed by atoms with E-state index >= 15 is 0 Å². The van der Waals surface area contributed by atoms with Crippen molar-refractivity contribution < 1.29 is 67.6 Å². The van der Waals surface area contributed by atoms with Gasteiger partial charge in [-0.2, -0.15) is 0 Å². The van der Waals surface area contributed by atoms with Crippen molar-refractivity contribution in [2.75, 3.05) is 24.7 Å². The van der Waals surface area contributed by atoms with E-state index < -0.39 is 93.9 Å². The molecule has 2 aliphatic heterocycles. The van der Waals surface area contributed by atoms with Crippen LogP contribution in [0.2, 0.25) is 0 Å². The molecule has 4 aromatic heterocycles. The number of phosphoric ester groups is 1. The van der Waals surface area contributed by atoms with Gasteiger partial charge in [0, 0.05) is 12.4 Å². The van der Waals surface area contributed by atoms with Gasteiger partial charge in [0.25, 0.3) is 11.8 Å². The zero-order valence-electron chi connectivity index (χ0n) is 31.4. The average molecular weight is 838 g/mol. The summed E-state index contributed by atoms with van der Waals surface area (Å²) < 4.78 is 35.7. The number of rotatable bonds is 14. The number of primary amides is 1. The van der Waals surface area contributed by atoms with Gasteiger partial charge in [0.05, 0.1) is 28.5 Å². The minimum absolute atomic E-state index is 0.000345. The predicted molar refractivity (Wildman–Crippen MR) is 196 cm³/mol. The molecule has 26 heteroatoms. The first-order valence-corrected chi connectivity index (χ1v) is 19.2. The fourth-order valence-electron chi connectivity index (χ4n) is 6.85. The van der Waals surface area contributed by atoms with Crippen molar-refractivity contribution in [2.24, 2.45) is 17.4 Å². The summed E-state index contributed by atoms with van der Waals surface area (Å²) in [6, 6.07) is -0.920. The van der Waals surface area contributed by atoms with Crippen molar-refractivity contribution in [2.45, 2.75) is 89.2 Å². The lowest BCUT2D eigenvalue weighted by molar-refractivity contribution is -0.152. The van der Waals surface area contributed by atoms with Gasteiger partial charge in [0.2, 0.25) is 0 Å². The zero-order valence-corrected chi connectivity index (χ0v) is 32.3. The van der Waals surface area contributed by atoms with E-state index in [1.54, 1.807) is 0 Å². The molecule has 4 aromatic rings. The van der Waals surface area contributed by atoms with E-state index in [1.165, 1.54) is 35.4 Å². The summed E-state index contributed by atoms with van der Waals surface area (Å²) in [6.45, 7) is 5.48. The minimum atomic E-state index is -5.06. The van der Waals surface area contributed by atoms with E-state index in [1.807, 2.05) is 13.8 Å². The monoisotopic (exact) mass is 837 g/mol. The third kappa shape index (κ3) is 8.46. The molecule has 0 bridgehead atoms. The molecule has 6 heterocycles. The molecule has 0 spiro atoms. The van der Waals surface area contributed by atoms with Gasteiger partial charge in [-0.05, 0) is 26.2 Å². The number of anilines is 2. The molecular weight excluding hydrogens is 793 g/mol. The van der Waals surface area contributed by atoms with Crippen LogP contribution < -0.4 is 28.4 Å². The van der Waals surface area contributed by atoms with Gasteiger partial charge in [0.15, 0.2) is 18.6 Å². The number of fused-ring (bicyclic) bond motifs is 2. The largest absolute Gasteiger partial charge is 0.469 e. The number of esters is 1. The van der Waals surface area contributed by atoms with Gasteiger partial charge in [-0.1, -0.05) is 13.8 Å². The van der Waals surface area contributed by atoms with E-state index in [4.69, 9.17) is 42.0 Å². The van der Waals surface area contributed by atoms with Crippen molar-refractivity contribution in [3.63, 3.8) is 0 Å². The molecular formula is C32H44N11O14P. The third-order valence-corrected chi connectivity index (χ3v) is 9.93. The Balaban J connectivity index is 1.30. The topological polar surface area (TPSA) is 393 Å². The Hall–Kier alpha value is -4.92. The molecule has 6 rings (SSSR count). The molecule has 2 saturated heterocycles. The fraction of sp³-hybridized carbons (Fsp3) is 0.531. The van der Waals surface area contributed by atoms with Gasteiger partial charge in [-0.15, -0.1) is 0 Å². The highest BCUT2D eigenvalue weighted by molar-refractivity contribution is 7.46. The summed E-state index contributed by atoms with van der Waals surface area (Å²) >= 11 is 0. The van der Waals surface area contributed by atoms with Gasteiger partial charge in [-0.25, -0.2) is 30.0 Å². The van der Waals surface area contributed by atoms with Crippen LogP contribution >= 0.6 is 7.82 Å². The van der Waals surface area contributed by atoms with E-state index in [-0.39, 0.29) is 62.4 Å². The molecule has 0 unspecified atom stereocenters. The zero-order chi connectivity index (χ0) is 42.5. The number of aliphatic hydroxyl groups excluding tert-OH is 3. The van der Waals surface area contributed by atoms with Crippen LogP contribution in [0.4, 0.5) is 11.6 Å². The number of nitrogens with one attached hydrogen (secondary N) is 1. The first kappa shape index (κ1) is 42.7. The van der Waals surface area contributed by atoms with Gasteiger partial charge in [-0.3, -0.25) is 23.7 Å². The van der Waals surface area contributed by atoms with Crippen molar-refractivity contribution in [1.29, 1.82) is 0 Å². The summed E-state index contributed by atoms with van der Waals surface area (Å²) in [7, 11) is -5.06. The minimum Gasteiger partial charge on any atom is -0.462 e. The van der Waals surface area contributed by atoms with Crippen LogP contribution in [0.3, 0.4) is 0 Å². The number of nitrogens with two attached hydrogens (primary N) is 4. The summed E-state index contributed by atoms with van der Waals surface area (Å²) in [6.07, 6.45) is -9.43. The summed E-state index contributed by atoms with van der Waals surface area (Å²) in [5.41, 5.74) is 25.7. The standard InChI is InChI=1S/C32H44N11O14P/c1-10(2)5-15(33)32(49)53-8-16-20(44)22(46)30(55-16)42-7-14(19-25(35)38-12(4)40-28(19)42)29(48)41-57-23-21(45)17(9-54-58(50,51)52)56-31(23)43-6-13(26(36)47)18-24(34)37-11(3)39-27(18)43/h6-7,10,15-17,20-23,30-31,44-46H,5,8-9,33H2,1-4H3,(H2,36,47)(H,41,48)(H2,34,37,39)(H2,35,38,40)(H2,50,51,52)/t15-,16+,17+,20+,21+,22+,23+,30+,31+/m0/s1. The van der Waals surface area contributed by atoms with E-state index in [0.717, 1.165) is 0 Å². The SMILES string of the molecule is Cc1nc(N)c2c(C(=O)NO[C@@H]3[C@H](O)[C@@H](COP(=O)(O)O)O[C@H]3n3cc(C(N)=O)c4c(N)nc(C)nc43)cn([C@@H]3O[C@H](COC(=O)[C@@H](N)CC(C)C)[C@@H](O)[C@H]3O)c2n1. The Morgan fingerprint density at radius 3 is 1.97 bits per heavy atom. The summed E-state index contributed by atoms with van der Waals surface area (Å²) in [5, 5.41) is 33.3. The molecule has 25 nitrogen and oxygen atoms in total. The lowest BCUT2D eigenvalue weighted by atomic mass is 10.1. The Bertz CT molecular complexity index is 2280. The predicted octanol–water partition coefficient (Wildman–Crippen LogP) is -2.31. The number of phosphoric acid groups is 1. The number of nitrogen functional groups attached to an aromatic ring is 2. The maximum atomic E-state index is 14.0. The Morgan fingerprint density at radius 2 is 1.40 bits per heavy atom. The number of carbonyl (C=O) groups is 3. The number of amides is 2. The molecule has 14 N–H and O–H groups in total. The maximum Gasteiger partial charge on any atom is 0.469 e. The molecule has 2 fully saturated rings. The maximum absolute atomic E-state index is 14.0. The molecule has 316 valence electrons. The van der Waals surface area contributed by atoms with Crippen LogP contribution in [-0.4, -0.2) is 128 Å². The van der Waals surface area contributed by atoms with Gasteiger partial charge in [0.1, 0.15) is 77.7 Å². The van der Waals surface area contributed by atoms with Gasteiger partial charge >= 0.3 is 13.8 Å². The van der Waals surface area contributed by atoms with Crippen LogP contribution in [0.1, 0.15) is 65.1 Å². The van der Waals surface area contributed by atoms with Crippen LogP contribution in [0.25, 0.3) is 22.1 Å². The van der Waals surface area contributed by atoms with E-state index in [9.17, 15) is 44.1 Å². The molecule has 58 heavy (non-hydrogen) atoms. The molecule has 0 aromatic carbocycles. The second-order valence-corrected chi connectivity index (χ2v) is 15.5. The number of hydrogen-bond donors (Lipinski definition) is 10. The molecule has 0 aliphatic carbocycles. The van der Waals surface area contributed by atoms with Crippen molar-refractivity contribution in [3.8, 4) is 0 Å². The molecule has 9 atom stereocenters. The lowest BCUT2D eigenvalue weighted by Crippen LogP contribution is -2.41. The smallest absolute Gasteiger partial charge is 0.462 e. The lowest BCUT2D eigenvalue weighted by Gasteiger charge is -2.22. The summed E-state index contributed by atoms with van der Waals surface area (Å²) in [4.78, 5) is 80.1. The average Bonchev–Trinajstić information content (AvgIpc) is 3.86. The van der Waals surface area contributed by atoms with Crippen LogP contribution in [0, 0.1) is 19.8 Å². The number of nitrogens with zero attached hydrogens (tertiary/aromatic N) is 6. The van der Waals surface area contributed by atoms with Crippen LogP contribution in [0.15, 0.2) is 12.4 Å². The highest BCUT2D eigenvalue weighted by atomic mass is 31.2. The number of ether oxygens (including phenoxy) is 3. The van der Waals surface area contributed by atoms with E-state index in [0.29, 0.717) is 6.42 Å². The molecule has 2 aliphatic rings.